The first-order valence-electron chi connectivity index (χ1n) is 13.9. The van der Waals surface area contributed by atoms with Gasteiger partial charge in [-0.3, -0.25) is 13.9 Å². The molecule has 0 aliphatic heterocycles. The Bertz CT molecular complexity index is 1600. The number of nitrogens with one attached hydrogen (secondary N) is 1. The molecular formula is C33H34FN3O5S. The van der Waals surface area contributed by atoms with Crippen molar-refractivity contribution < 1.29 is 27.1 Å². The first kappa shape index (κ1) is 31.2. The molecule has 4 aromatic rings. The smallest absolute Gasteiger partial charge is 0.264 e. The molecule has 2 amide bonds. The van der Waals surface area contributed by atoms with Crippen LogP contribution in [0.4, 0.5) is 10.1 Å². The van der Waals surface area contributed by atoms with Crippen LogP contribution in [-0.2, 0) is 26.2 Å². The van der Waals surface area contributed by atoms with Crippen LogP contribution < -0.4 is 14.4 Å². The summed E-state index contributed by atoms with van der Waals surface area (Å²) >= 11 is 0. The fourth-order valence-corrected chi connectivity index (χ4v) is 5.99. The van der Waals surface area contributed by atoms with Gasteiger partial charge >= 0.3 is 0 Å². The van der Waals surface area contributed by atoms with Crippen LogP contribution in [0.15, 0.2) is 114 Å². The molecule has 0 aromatic heterocycles. The van der Waals surface area contributed by atoms with Crippen LogP contribution in [0.5, 0.6) is 11.5 Å². The van der Waals surface area contributed by atoms with Gasteiger partial charge < -0.3 is 15.0 Å². The number of likely N-dealkylation sites (N-methyl/N-ethyl adjacent to an activating group) is 1. The summed E-state index contributed by atoms with van der Waals surface area (Å²) in [5.41, 5.74) is 0.836. The number of hydrogen-bond acceptors (Lipinski definition) is 5. The van der Waals surface area contributed by atoms with Crippen LogP contribution >= 0.6 is 0 Å². The molecule has 4 aromatic carbocycles. The minimum Gasteiger partial charge on any atom is -0.457 e. The van der Waals surface area contributed by atoms with Crippen molar-refractivity contribution >= 4 is 27.5 Å². The number of amides is 2. The number of halogens is 1. The highest BCUT2D eigenvalue weighted by Gasteiger charge is 2.33. The molecule has 43 heavy (non-hydrogen) atoms. The van der Waals surface area contributed by atoms with Crippen LogP contribution in [0, 0.1) is 5.82 Å². The Morgan fingerprint density at radius 2 is 1.40 bits per heavy atom. The highest BCUT2D eigenvalue weighted by Crippen LogP contribution is 2.28. The maximum absolute atomic E-state index is 14.0. The van der Waals surface area contributed by atoms with Crippen molar-refractivity contribution in [3.8, 4) is 11.5 Å². The lowest BCUT2D eigenvalue weighted by Crippen LogP contribution is -2.52. The lowest BCUT2D eigenvalue weighted by Gasteiger charge is -2.33. The molecule has 0 aliphatic rings. The van der Waals surface area contributed by atoms with Gasteiger partial charge in [-0.05, 0) is 79.6 Å². The zero-order valence-corrected chi connectivity index (χ0v) is 24.8. The zero-order chi connectivity index (χ0) is 30.8. The fraction of sp³-hybridized carbons (Fsp3) is 0.212. The quantitative estimate of drug-likeness (QED) is 0.210. The molecule has 10 heteroatoms. The van der Waals surface area contributed by atoms with Crippen LogP contribution in [0.25, 0.3) is 0 Å². The summed E-state index contributed by atoms with van der Waals surface area (Å²) in [5, 5.41) is 2.76. The summed E-state index contributed by atoms with van der Waals surface area (Å²) in [6.45, 7) is 3.32. The normalized spacial score (nSPS) is 11.8. The minimum atomic E-state index is -4.20. The second-order valence-corrected chi connectivity index (χ2v) is 11.6. The Labute approximate surface area is 251 Å². The number of carbonyl (C=O) groups is 2. The molecule has 8 nitrogen and oxygen atoms in total. The maximum atomic E-state index is 14.0. The molecule has 4 rings (SSSR count). The van der Waals surface area contributed by atoms with Crippen molar-refractivity contribution in [2.75, 3.05) is 17.4 Å². The first-order chi connectivity index (χ1) is 20.7. The summed E-state index contributed by atoms with van der Waals surface area (Å²) < 4.78 is 48.4. The molecule has 0 aliphatic carbocycles. The van der Waals surface area contributed by atoms with Gasteiger partial charge in [-0.15, -0.1) is 0 Å². The number of nitrogens with zero attached hydrogens (tertiary/aromatic N) is 2. The third-order valence-corrected chi connectivity index (χ3v) is 8.50. The summed E-state index contributed by atoms with van der Waals surface area (Å²) in [6.07, 6.45) is 0.287. The molecule has 1 N–H and O–H groups in total. The van der Waals surface area contributed by atoms with Crippen molar-refractivity contribution in [3.63, 3.8) is 0 Å². The predicted octanol–water partition coefficient (Wildman–Crippen LogP) is 5.76. The molecule has 0 spiro atoms. The van der Waals surface area contributed by atoms with Gasteiger partial charge in [0, 0.05) is 13.1 Å². The number of ether oxygens (including phenoxy) is 1. The van der Waals surface area contributed by atoms with E-state index in [0.29, 0.717) is 23.6 Å². The molecular weight excluding hydrogens is 569 g/mol. The van der Waals surface area contributed by atoms with Gasteiger partial charge in [0.1, 0.15) is 29.9 Å². The van der Waals surface area contributed by atoms with Gasteiger partial charge in [0.2, 0.25) is 11.8 Å². The van der Waals surface area contributed by atoms with Crippen molar-refractivity contribution in [3.05, 3.63) is 121 Å². The van der Waals surface area contributed by atoms with E-state index in [9.17, 15) is 22.4 Å². The monoisotopic (exact) mass is 603 g/mol. The summed E-state index contributed by atoms with van der Waals surface area (Å²) in [6, 6.07) is 28.1. The SMILES string of the molecule is CCNC(=O)C(CC)N(Cc1ccc(F)cc1)C(=O)CN(c1ccc(Oc2ccccc2)cc1)S(=O)(=O)c1ccccc1. The standard InChI is InChI=1S/C33H34FN3O5S/c1-3-31(33(39)35-4-2)36(23-25-15-17-26(34)18-16-25)32(38)24-37(43(40,41)30-13-9-6-10-14-30)27-19-21-29(22-20-27)42-28-11-7-5-8-12-28/h5-22,31H,3-4,23-24H2,1-2H3,(H,35,39). The van der Waals surface area contributed by atoms with E-state index in [1.807, 2.05) is 18.2 Å². The molecule has 0 bridgehead atoms. The Morgan fingerprint density at radius 1 is 0.814 bits per heavy atom. The predicted molar refractivity (Wildman–Crippen MR) is 164 cm³/mol. The average molecular weight is 604 g/mol. The first-order valence-corrected chi connectivity index (χ1v) is 15.4. The second-order valence-electron chi connectivity index (χ2n) is 9.70. The van der Waals surface area contributed by atoms with E-state index in [1.54, 1.807) is 68.4 Å². The second kappa shape index (κ2) is 14.5. The van der Waals surface area contributed by atoms with Crippen LogP contribution in [0.1, 0.15) is 25.8 Å². The number of benzene rings is 4. The van der Waals surface area contributed by atoms with Crippen LogP contribution in [-0.4, -0.2) is 44.3 Å². The number of anilines is 1. The van der Waals surface area contributed by atoms with E-state index in [1.165, 1.54) is 41.3 Å². The Kier molecular flexibility index (Phi) is 10.5. The lowest BCUT2D eigenvalue weighted by molar-refractivity contribution is -0.140. The number of sulfonamides is 1. The maximum Gasteiger partial charge on any atom is 0.264 e. The van der Waals surface area contributed by atoms with E-state index in [-0.39, 0.29) is 29.5 Å². The lowest BCUT2D eigenvalue weighted by atomic mass is 10.1. The van der Waals surface area contributed by atoms with Gasteiger partial charge in [-0.25, -0.2) is 12.8 Å². The summed E-state index contributed by atoms with van der Waals surface area (Å²) in [5.74, 6) is -0.283. The Balaban J connectivity index is 1.70. The van der Waals surface area contributed by atoms with Crippen molar-refractivity contribution in [2.24, 2.45) is 0 Å². The van der Waals surface area contributed by atoms with Crippen molar-refractivity contribution in [1.82, 2.24) is 10.2 Å². The van der Waals surface area contributed by atoms with Gasteiger partial charge in [-0.1, -0.05) is 55.5 Å². The highest BCUT2D eigenvalue weighted by atomic mass is 32.2. The van der Waals surface area contributed by atoms with E-state index in [2.05, 4.69) is 5.32 Å². The number of hydrogen-bond donors (Lipinski definition) is 1. The van der Waals surface area contributed by atoms with E-state index < -0.39 is 34.3 Å². The number of carbonyl (C=O) groups excluding carboxylic acids is 2. The number of rotatable bonds is 13. The zero-order valence-electron chi connectivity index (χ0n) is 24.0. The largest absolute Gasteiger partial charge is 0.457 e. The molecule has 0 saturated heterocycles. The molecule has 1 atom stereocenters. The fourth-order valence-electron chi connectivity index (χ4n) is 4.55. The molecule has 0 radical (unpaired) electrons. The van der Waals surface area contributed by atoms with Gasteiger partial charge in [0.15, 0.2) is 0 Å². The average Bonchev–Trinajstić information content (AvgIpc) is 3.02. The van der Waals surface area contributed by atoms with Crippen molar-refractivity contribution in [1.29, 1.82) is 0 Å². The van der Waals surface area contributed by atoms with Gasteiger partial charge in [0.25, 0.3) is 10.0 Å². The van der Waals surface area contributed by atoms with Gasteiger partial charge in [0.05, 0.1) is 10.6 Å². The molecule has 1 unspecified atom stereocenters. The minimum absolute atomic E-state index is 0.00765. The molecule has 0 fully saturated rings. The molecule has 0 saturated carbocycles. The Morgan fingerprint density at radius 3 is 1.98 bits per heavy atom. The summed E-state index contributed by atoms with van der Waals surface area (Å²) in [7, 11) is -4.20. The topological polar surface area (TPSA) is 96.0 Å². The number of para-hydroxylation sites is 1. The summed E-state index contributed by atoms with van der Waals surface area (Å²) in [4.78, 5) is 28.4. The van der Waals surface area contributed by atoms with Gasteiger partial charge in [-0.2, -0.15) is 0 Å². The van der Waals surface area contributed by atoms with E-state index in [0.717, 1.165) is 4.31 Å². The van der Waals surface area contributed by atoms with E-state index in [4.69, 9.17) is 4.74 Å². The molecule has 224 valence electrons. The third-order valence-electron chi connectivity index (χ3n) is 6.72. The van der Waals surface area contributed by atoms with Crippen molar-refractivity contribution in [2.45, 2.75) is 37.8 Å². The van der Waals surface area contributed by atoms with E-state index >= 15 is 0 Å². The molecule has 0 heterocycles. The highest BCUT2D eigenvalue weighted by molar-refractivity contribution is 7.92. The Hall–Kier alpha value is -4.70. The van der Waals surface area contributed by atoms with Crippen LogP contribution in [0.3, 0.4) is 0 Å². The van der Waals surface area contributed by atoms with Crippen LogP contribution in [0.2, 0.25) is 0 Å². The third kappa shape index (κ3) is 7.98.